The first-order valence-electron chi connectivity index (χ1n) is 6.45. The fraction of sp³-hybridized carbons (Fsp3) is 0.333. The lowest BCUT2D eigenvalue weighted by atomic mass is 9.93. The van der Waals surface area contributed by atoms with E-state index >= 15 is 0 Å². The molecule has 2 aromatic rings. The summed E-state index contributed by atoms with van der Waals surface area (Å²) in [5, 5.41) is 14.9. The fourth-order valence-electron chi connectivity index (χ4n) is 1.66. The van der Waals surface area contributed by atoms with E-state index in [0.717, 1.165) is 5.69 Å². The van der Waals surface area contributed by atoms with Gasteiger partial charge in [-0.15, -0.1) is 11.3 Å². The van der Waals surface area contributed by atoms with Crippen LogP contribution in [0.5, 0.6) is 11.5 Å². The number of benzene rings is 1. The molecule has 6 heteroatoms. The Morgan fingerprint density at radius 1 is 1.38 bits per heavy atom. The molecule has 2 N–H and O–H groups in total. The monoisotopic (exact) mass is 306 g/mol. The summed E-state index contributed by atoms with van der Waals surface area (Å²) in [5.74, 6) is -0.00502. The van der Waals surface area contributed by atoms with Crippen LogP contribution in [-0.4, -0.2) is 23.1 Å². The number of aromatic hydroxyl groups is 1. The van der Waals surface area contributed by atoms with E-state index in [1.165, 1.54) is 30.6 Å². The van der Waals surface area contributed by atoms with Crippen molar-refractivity contribution < 1.29 is 14.6 Å². The van der Waals surface area contributed by atoms with Crippen molar-refractivity contribution in [3.8, 4) is 11.5 Å². The smallest absolute Gasteiger partial charge is 0.261 e. The molecule has 0 bridgehead atoms. The number of carbonyl (C=O) groups excluding carboxylic acids is 1. The molecule has 1 heterocycles. The second kappa shape index (κ2) is 5.73. The van der Waals surface area contributed by atoms with Crippen LogP contribution in [0.4, 0.5) is 5.13 Å². The Morgan fingerprint density at radius 2 is 2.10 bits per heavy atom. The maximum Gasteiger partial charge on any atom is 0.261 e. The lowest BCUT2D eigenvalue weighted by Crippen LogP contribution is -2.14. The molecule has 0 spiro atoms. The van der Waals surface area contributed by atoms with Gasteiger partial charge in [0, 0.05) is 10.8 Å². The van der Waals surface area contributed by atoms with Gasteiger partial charge in [-0.05, 0) is 18.2 Å². The summed E-state index contributed by atoms with van der Waals surface area (Å²) < 4.78 is 5.05. The maximum atomic E-state index is 12.2. The predicted molar refractivity (Wildman–Crippen MR) is 83.4 cm³/mol. The van der Waals surface area contributed by atoms with Crippen molar-refractivity contribution in [2.45, 2.75) is 26.2 Å². The standard InChI is InChI=1S/C15H18N2O3S/c1-15(2,3)12-8-21-14(16-12)17-13(19)10-7-9(20-4)5-6-11(10)18/h5-8,18H,1-4H3,(H,16,17,19). The lowest BCUT2D eigenvalue weighted by molar-refractivity contribution is 0.102. The number of methoxy groups -OCH3 is 1. The number of rotatable bonds is 3. The topological polar surface area (TPSA) is 71.5 Å². The van der Waals surface area contributed by atoms with Crippen LogP contribution < -0.4 is 10.1 Å². The van der Waals surface area contributed by atoms with Crippen molar-refractivity contribution in [2.75, 3.05) is 12.4 Å². The molecule has 2 rings (SSSR count). The van der Waals surface area contributed by atoms with Crippen molar-refractivity contribution in [3.05, 3.63) is 34.8 Å². The third-order valence-corrected chi connectivity index (χ3v) is 3.70. The average Bonchev–Trinajstić information content (AvgIpc) is 2.87. The average molecular weight is 306 g/mol. The number of hydrogen-bond donors (Lipinski definition) is 2. The molecule has 21 heavy (non-hydrogen) atoms. The molecule has 1 amide bonds. The van der Waals surface area contributed by atoms with E-state index in [-0.39, 0.29) is 16.7 Å². The van der Waals surface area contributed by atoms with Gasteiger partial charge in [0.05, 0.1) is 18.4 Å². The van der Waals surface area contributed by atoms with Crippen LogP contribution in [0.2, 0.25) is 0 Å². The van der Waals surface area contributed by atoms with Gasteiger partial charge in [0.2, 0.25) is 0 Å². The van der Waals surface area contributed by atoms with Gasteiger partial charge in [0.15, 0.2) is 5.13 Å². The minimum Gasteiger partial charge on any atom is -0.507 e. The normalized spacial score (nSPS) is 11.2. The summed E-state index contributed by atoms with van der Waals surface area (Å²) >= 11 is 1.36. The molecule has 1 aromatic heterocycles. The van der Waals surface area contributed by atoms with E-state index in [9.17, 15) is 9.90 Å². The molecule has 0 fully saturated rings. The predicted octanol–water partition coefficient (Wildman–Crippen LogP) is 3.41. The number of ether oxygens (including phenoxy) is 1. The first-order chi connectivity index (χ1) is 9.81. The summed E-state index contributed by atoms with van der Waals surface area (Å²) in [4.78, 5) is 16.6. The molecule has 0 aliphatic rings. The highest BCUT2D eigenvalue weighted by molar-refractivity contribution is 7.14. The molecule has 5 nitrogen and oxygen atoms in total. The third-order valence-electron chi connectivity index (χ3n) is 2.94. The number of nitrogens with zero attached hydrogens (tertiary/aromatic N) is 1. The van der Waals surface area contributed by atoms with Crippen LogP contribution in [0.25, 0.3) is 0 Å². The largest absolute Gasteiger partial charge is 0.507 e. The van der Waals surface area contributed by atoms with E-state index in [2.05, 4.69) is 31.1 Å². The SMILES string of the molecule is COc1ccc(O)c(C(=O)Nc2nc(C(C)(C)C)cs2)c1. The van der Waals surface area contributed by atoms with Gasteiger partial charge >= 0.3 is 0 Å². The molecule has 0 saturated heterocycles. The highest BCUT2D eigenvalue weighted by Gasteiger charge is 2.19. The minimum atomic E-state index is -0.416. The zero-order valence-corrected chi connectivity index (χ0v) is 13.2. The van der Waals surface area contributed by atoms with Gasteiger partial charge in [0.25, 0.3) is 5.91 Å². The molecule has 0 radical (unpaired) electrons. The van der Waals surface area contributed by atoms with E-state index in [1.807, 2.05) is 5.38 Å². The van der Waals surface area contributed by atoms with Crippen LogP contribution in [0.3, 0.4) is 0 Å². The first kappa shape index (κ1) is 15.3. The quantitative estimate of drug-likeness (QED) is 0.911. The summed E-state index contributed by atoms with van der Waals surface area (Å²) in [6, 6.07) is 4.51. The summed E-state index contributed by atoms with van der Waals surface area (Å²) in [5.41, 5.74) is 0.997. The van der Waals surface area contributed by atoms with Crippen molar-refractivity contribution in [2.24, 2.45) is 0 Å². The third kappa shape index (κ3) is 3.52. The van der Waals surface area contributed by atoms with Crippen LogP contribution in [0.15, 0.2) is 23.6 Å². The zero-order valence-electron chi connectivity index (χ0n) is 12.4. The number of hydrogen-bond acceptors (Lipinski definition) is 5. The Bertz CT molecular complexity index is 659. The van der Waals surface area contributed by atoms with E-state index in [4.69, 9.17) is 4.74 Å². The number of phenolic OH excluding ortho intramolecular Hbond substituents is 1. The van der Waals surface area contributed by atoms with Crippen LogP contribution in [0.1, 0.15) is 36.8 Å². The maximum absolute atomic E-state index is 12.2. The second-order valence-electron chi connectivity index (χ2n) is 5.63. The van der Waals surface area contributed by atoms with Crippen molar-refractivity contribution >= 4 is 22.4 Å². The number of aromatic nitrogens is 1. The molecule has 0 aliphatic carbocycles. The number of amides is 1. The Kier molecular flexibility index (Phi) is 4.18. The van der Waals surface area contributed by atoms with Crippen molar-refractivity contribution in [1.29, 1.82) is 0 Å². The first-order valence-corrected chi connectivity index (χ1v) is 7.33. The number of thiazole rings is 1. The minimum absolute atomic E-state index is 0.0718. The van der Waals surface area contributed by atoms with E-state index in [1.54, 1.807) is 6.07 Å². The molecule has 0 unspecified atom stereocenters. The van der Waals surface area contributed by atoms with Gasteiger partial charge in [-0.3, -0.25) is 10.1 Å². The summed E-state index contributed by atoms with van der Waals surface area (Å²) in [6.45, 7) is 6.17. The van der Waals surface area contributed by atoms with Crippen molar-refractivity contribution in [3.63, 3.8) is 0 Å². The fourth-order valence-corrected chi connectivity index (χ4v) is 2.60. The van der Waals surface area contributed by atoms with E-state index in [0.29, 0.717) is 10.9 Å². The molecule has 1 aromatic carbocycles. The van der Waals surface area contributed by atoms with E-state index < -0.39 is 5.91 Å². The molecule has 0 aliphatic heterocycles. The van der Waals surface area contributed by atoms with Gasteiger partial charge in [-0.1, -0.05) is 20.8 Å². The van der Waals surface area contributed by atoms with Gasteiger partial charge in [0.1, 0.15) is 11.5 Å². The lowest BCUT2D eigenvalue weighted by Gasteiger charge is -2.14. The second-order valence-corrected chi connectivity index (χ2v) is 6.48. The Balaban J connectivity index is 2.20. The molecule has 0 atom stereocenters. The van der Waals surface area contributed by atoms with Gasteiger partial charge in [-0.25, -0.2) is 4.98 Å². The van der Waals surface area contributed by atoms with Crippen LogP contribution in [-0.2, 0) is 5.41 Å². The number of phenols is 1. The highest BCUT2D eigenvalue weighted by Crippen LogP contribution is 2.28. The zero-order chi connectivity index (χ0) is 15.6. The van der Waals surface area contributed by atoms with Crippen LogP contribution in [0, 0.1) is 0 Å². The van der Waals surface area contributed by atoms with Crippen LogP contribution >= 0.6 is 11.3 Å². The number of carbonyl (C=O) groups is 1. The number of anilines is 1. The summed E-state index contributed by atoms with van der Waals surface area (Å²) in [7, 11) is 1.50. The Labute approximate surface area is 127 Å². The van der Waals surface area contributed by atoms with Gasteiger partial charge < -0.3 is 9.84 Å². The summed E-state index contributed by atoms with van der Waals surface area (Å²) in [6.07, 6.45) is 0. The Hall–Kier alpha value is -2.08. The van der Waals surface area contributed by atoms with Crippen molar-refractivity contribution in [1.82, 2.24) is 4.98 Å². The number of nitrogens with one attached hydrogen (secondary N) is 1. The Morgan fingerprint density at radius 3 is 2.67 bits per heavy atom. The molecule has 112 valence electrons. The molecular weight excluding hydrogens is 288 g/mol. The molecule has 0 saturated carbocycles. The highest BCUT2D eigenvalue weighted by atomic mass is 32.1. The van der Waals surface area contributed by atoms with Gasteiger partial charge in [-0.2, -0.15) is 0 Å². The molecular formula is C15H18N2O3S.